The summed E-state index contributed by atoms with van der Waals surface area (Å²) in [5.41, 5.74) is 6.28. The van der Waals surface area contributed by atoms with Gasteiger partial charge in [0.1, 0.15) is 5.75 Å². The summed E-state index contributed by atoms with van der Waals surface area (Å²) in [6, 6.07) is 4.79. The van der Waals surface area contributed by atoms with Crippen LogP contribution in [0.5, 0.6) is 5.75 Å². The highest BCUT2D eigenvalue weighted by Gasteiger charge is 2.10. The quantitative estimate of drug-likeness (QED) is 0.575. The molecule has 0 spiro atoms. The van der Waals surface area contributed by atoms with Crippen molar-refractivity contribution in [3.05, 3.63) is 28.2 Å². The van der Waals surface area contributed by atoms with Crippen molar-refractivity contribution >= 4 is 21.9 Å². The molecule has 0 bridgehead atoms. The van der Waals surface area contributed by atoms with Crippen LogP contribution < -0.4 is 15.8 Å². The number of nitrogens with two attached hydrogens (primary N) is 1. The summed E-state index contributed by atoms with van der Waals surface area (Å²) >= 11 is 3.29. The van der Waals surface area contributed by atoms with Crippen molar-refractivity contribution in [3.8, 4) is 5.75 Å². The average molecular weight is 364 g/mol. The molecule has 21 heavy (non-hydrogen) atoms. The van der Waals surface area contributed by atoms with Crippen LogP contribution in [0.2, 0.25) is 0 Å². The molecule has 0 aliphatic rings. The smallest absolute Gasteiger partial charge is 0.387 e. The molecule has 1 aromatic carbocycles. The number of alkyl halides is 2. The fourth-order valence-electron chi connectivity index (χ4n) is 1.60. The van der Waals surface area contributed by atoms with E-state index in [1.54, 1.807) is 12.1 Å². The van der Waals surface area contributed by atoms with E-state index in [0.29, 0.717) is 17.4 Å². The van der Waals surface area contributed by atoms with Crippen LogP contribution in [0, 0.1) is 5.92 Å². The highest BCUT2D eigenvalue weighted by molar-refractivity contribution is 9.10. The number of nitrogens with zero attached hydrogens (tertiary/aromatic N) is 1. The number of hydrogen-bond donors (Lipinski definition) is 2. The van der Waals surface area contributed by atoms with Crippen molar-refractivity contribution in [2.45, 2.75) is 33.4 Å². The third-order valence-corrected chi connectivity index (χ3v) is 3.18. The van der Waals surface area contributed by atoms with Gasteiger partial charge in [-0.25, -0.2) is 4.99 Å². The van der Waals surface area contributed by atoms with Gasteiger partial charge in [0.2, 0.25) is 0 Å². The van der Waals surface area contributed by atoms with Crippen LogP contribution >= 0.6 is 15.9 Å². The predicted molar refractivity (Wildman–Crippen MR) is 83.6 cm³/mol. The first-order valence-corrected chi connectivity index (χ1v) is 7.44. The minimum atomic E-state index is -2.87. The van der Waals surface area contributed by atoms with E-state index in [9.17, 15) is 8.78 Å². The normalized spacial score (nSPS) is 12.0. The second-order valence-corrected chi connectivity index (χ2v) is 5.86. The van der Waals surface area contributed by atoms with Gasteiger partial charge >= 0.3 is 6.61 Å². The number of nitrogens with one attached hydrogen (secondary N) is 1. The van der Waals surface area contributed by atoms with Crippen LogP contribution in [0.1, 0.15) is 25.8 Å². The SMILES string of the molecule is CC(C)CCNC(N)=NCc1cc(Br)ccc1OC(F)F. The Morgan fingerprint density at radius 3 is 2.76 bits per heavy atom. The molecule has 1 rings (SSSR count). The zero-order valence-corrected chi connectivity index (χ0v) is 13.7. The van der Waals surface area contributed by atoms with E-state index in [-0.39, 0.29) is 12.3 Å². The molecule has 0 heterocycles. The minimum absolute atomic E-state index is 0.104. The van der Waals surface area contributed by atoms with Gasteiger partial charge in [0.15, 0.2) is 5.96 Å². The van der Waals surface area contributed by atoms with Gasteiger partial charge in [-0.15, -0.1) is 0 Å². The minimum Gasteiger partial charge on any atom is -0.434 e. The summed E-state index contributed by atoms with van der Waals surface area (Å²) in [5.74, 6) is 0.965. The maximum absolute atomic E-state index is 12.3. The second-order valence-electron chi connectivity index (χ2n) is 4.94. The summed E-state index contributed by atoms with van der Waals surface area (Å²) in [7, 11) is 0. The highest BCUT2D eigenvalue weighted by atomic mass is 79.9. The molecule has 0 atom stereocenters. The van der Waals surface area contributed by atoms with Crippen LogP contribution in [0.4, 0.5) is 8.78 Å². The Morgan fingerprint density at radius 2 is 2.14 bits per heavy atom. The van der Waals surface area contributed by atoms with Crippen LogP contribution in [-0.2, 0) is 6.54 Å². The highest BCUT2D eigenvalue weighted by Crippen LogP contribution is 2.25. The molecule has 118 valence electrons. The molecule has 0 amide bonds. The molecule has 1 aromatic rings. The molecule has 0 aliphatic heterocycles. The van der Waals surface area contributed by atoms with E-state index < -0.39 is 6.61 Å². The molecule has 0 aromatic heterocycles. The Morgan fingerprint density at radius 1 is 1.43 bits per heavy atom. The van der Waals surface area contributed by atoms with Gasteiger partial charge in [0.05, 0.1) is 6.54 Å². The molecular formula is C14H20BrF2N3O. The number of hydrogen-bond acceptors (Lipinski definition) is 2. The number of halogens is 3. The first kappa shape index (κ1) is 17.7. The molecule has 0 aliphatic carbocycles. The number of guanidine groups is 1. The molecule has 0 fully saturated rings. The number of aliphatic imine (C=N–C) groups is 1. The zero-order valence-electron chi connectivity index (χ0n) is 12.1. The van der Waals surface area contributed by atoms with E-state index in [0.717, 1.165) is 17.4 Å². The molecule has 0 radical (unpaired) electrons. The monoisotopic (exact) mass is 363 g/mol. The van der Waals surface area contributed by atoms with Gasteiger partial charge in [-0.3, -0.25) is 0 Å². The van der Waals surface area contributed by atoms with Crippen LogP contribution in [-0.4, -0.2) is 19.1 Å². The topological polar surface area (TPSA) is 59.6 Å². The molecular weight excluding hydrogens is 344 g/mol. The lowest BCUT2D eigenvalue weighted by molar-refractivity contribution is -0.0504. The van der Waals surface area contributed by atoms with Gasteiger partial charge in [0, 0.05) is 16.6 Å². The second kappa shape index (κ2) is 8.81. The Bertz CT molecular complexity index is 481. The molecule has 7 heteroatoms. The van der Waals surface area contributed by atoms with Crippen molar-refractivity contribution < 1.29 is 13.5 Å². The summed E-state index contributed by atoms with van der Waals surface area (Å²) in [6.45, 7) is 2.26. The first-order valence-electron chi connectivity index (χ1n) is 6.65. The van der Waals surface area contributed by atoms with Crippen molar-refractivity contribution in [1.29, 1.82) is 0 Å². The standard InChI is InChI=1S/C14H20BrF2N3O/c1-9(2)5-6-19-14(18)20-8-10-7-11(15)3-4-12(10)21-13(16)17/h3-4,7,9,13H,5-6,8H2,1-2H3,(H3,18,19,20). The van der Waals surface area contributed by atoms with Gasteiger partial charge in [0.25, 0.3) is 0 Å². The molecule has 4 nitrogen and oxygen atoms in total. The van der Waals surface area contributed by atoms with Crippen LogP contribution in [0.25, 0.3) is 0 Å². The van der Waals surface area contributed by atoms with Crippen molar-refractivity contribution in [2.75, 3.05) is 6.54 Å². The number of rotatable bonds is 7. The van der Waals surface area contributed by atoms with Gasteiger partial charge < -0.3 is 15.8 Å². The van der Waals surface area contributed by atoms with Crippen molar-refractivity contribution in [2.24, 2.45) is 16.6 Å². The maximum atomic E-state index is 12.3. The van der Waals surface area contributed by atoms with Gasteiger partial charge in [-0.1, -0.05) is 29.8 Å². The molecule has 0 saturated carbocycles. The van der Waals surface area contributed by atoms with E-state index in [1.165, 1.54) is 6.07 Å². The fraction of sp³-hybridized carbons (Fsp3) is 0.500. The number of ether oxygens (including phenoxy) is 1. The first-order chi connectivity index (χ1) is 9.88. The zero-order chi connectivity index (χ0) is 15.8. The maximum Gasteiger partial charge on any atom is 0.387 e. The summed E-state index contributed by atoms with van der Waals surface area (Å²) in [5, 5.41) is 2.99. The predicted octanol–water partition coefficient (Wildman–Crippen LogP) is 3.50. The van der Waals surface area contributed by atoms with E-state index >= 15 is 0 Å². The lowest BCUT2D eigenvalue weighted by Crippen LogP contribution is -2.32. The van der Waals surface area contributed by atoms with E-state index in [4.69, 9.17) is 5.73 Å². The molecule has 0 saturated heterocycles. The largest absolute Gasteiger partial charge is 0.434 e. The van der Waals surface area contributed by atoms with Crippen LogP contribution in [0.3, 0.4) is 0 Å². The third kappa shape index (κ3) is 7.27. The van der Waals surface area contributed by atoms with Gasteiger partial charge in [-0.2, -0.15) is 8.78 Å². The lowest BCUT2D eigenvalue weighted by Gasteiger charge is -2.11. The molecule has 3 N–H and O–H groups in total. The Kier molecular flexibility index (Phi) is 7.42. The summed E-state index contributed by atoms with van der Waals surface area (Å²) in [6.07, 6.45) is 0.979. The molecule has 0 unspecified atom stereocenters. The summed E-state index contributed by atoms with van der Waals surface area (Å²) < 4.78 is 29.9. The third-order valence-electron chi connectivity index (χ3n) is 2.69. The van der Waals surface area contributed by atoms with Crippen molar-refractivity contribution in [3.63, 3.8) is 0 Å². The van der Waals surface area contributed by atoms with E-state index in [2.05, 4.69) is 44.8 Å². The van der Waals surface area contributed by atoms with Crippen LogP contribution in [0.15, 0.2) is 27.7 Å². The van der Waals surface area contributed by atoms with Crippen molar-refractivity contribution in [1.82, 2.24) is 5.32 Å². The van der Waals surface area contributed by atoms with Gasteiger partial charge in [-0.05, 0) is 30.5 Å². The Hall–Kier alpha value is -1.37. The average Bonchev–Trinajstić information content (AvgIpc) is 2.38. The Labute approximate surface area is 131 Å². The Balaban J connectivity index is 2.66. The van der Waals surface area contributed by atoms with E-state index in [1.807, 2.05) is 0 Å². The summed E-state index contributed by atoms with van der Waals surface area (Å²) in [4.78, 5) is 4.14. The fourth-order valence-corrected chi connectivity index (χ4v) is 2.01. The lowest BCUT2D eigenvalue weighted by atomic mass is 10.1. The number of benzene rings is 1.